The number of aromatic nitrogens is 1. The van der Waals surface area contributed by atoms with Crippen LogP contribution in [-0.4, -0.2) is 28.2 Å². The van der Waals surface area contributed by atoms with Gasteiger partial charge in [0.15, 0.2) is 0 Å². The van der Waals surface area contributed by atoms with Gasteiger partial charge in [-0.3, -0.25) is 4.98 Å². The highest BCUT2D eigenvalue weighted by Crippen LogP contribution is 2.05. The minimum absolute atomic E-state index is 0.0387. The molecule has 1 aromatic heterocycles. The molecule has 0 aliphatic heterocycles. The first kappa shape index (κ1) is 9.34. The second kappa shape index (κ2) is 3.77. The topological polar surface area (TPSA) is 73.6 Å². The Morgan fingerprint density at radius 1 is 1.17 bits per heavy atom. The number of hydrogen-bond acceptors (Lipinski definition) is 4. The van der Waals surface area contributed by atoms with E-state index in [9.17, 15) is 0 Å². The molecule has 0 saturated heterocycles. The van der Waals surface area contributed by atoms with Gasteiger partial charge in [-0.15, -0.1) is 0 Å². The molecule has 0 atom stereocenters. The molecule has 1 aromatic rings. The van der Waals surface area contributed by atoms with Gasteiger partial charge in [-0.2, -0.15) is 0 Å². The molecule has 0 fully saturated rings. The first-order chi connectivity index (χ1) is 5.58. The van der Waals surface area contributed by atoms with Crippen LogP contribution in [0, 0.1) is 0 Å². The lowest BCUT2D eigenvalue weighted by atomic mass is 10.2. The first-order valence-electron chi connectivity index (χ1n) is 3.64. The zero-order chi connectivity index (χ0) is 9.03. The fourth-order valence-electron chi connectivity index (χ4n) is 0.861. The van der Waals surface area contributed by atoms with Crippen molar-refractivity contribution in [3.05, 3.63) is 30.1 Å². The molecule has 1 heterocycles. The van der Waals surface area contributed by atoms with E-state index in [-0.39, 0.29) is 6.04 Å². The highest BCUT2D eigenvalue weighted by atomic mass is 28.4. The molecular formula is C7H11NO3Si. The normalized spacial score (nSPS) is 11.6. The molecule has 0 aromatic carbocycles. The van der Waals surface area contributed by atoms with E-state index >= 15 is 0 Å². The van der Waals surface area contributed by atoms with Gasteiger partial charge in [0.1, 0.15) is 0 Å². The van der Waals surface area contributed by atoms with Crippen molar-refractivity contribution in [2.75, 3.05) is 0 Å². The molecule has 4 nitrogen and oxygen atoms in total. The standard InChI is InChI=1S/C7H11NO3Si/c9-12(10,11)6-3-7-1-4-8-5-2-7/h1-2,4-5,9-11H,3,6H2. The molecule has 0 saturated carbocycles. The zero-order valence-corrected chi connectivity index (χ0v) is 7.51. The first-order valence-corrected chi connectivity index (χ1v) is 5.69. The summed E-state index contributed by atoms with van der Waals surface area (Å²) >= 11 is 0. The van der Waals surface area contributed by atoms with Gasteiger partial charge in [0.25, 0.3) is 0 Å². The molecule has 0 spiro atoms. The van der Waals surface area contributed by atoms with E-state index in [2.05, 4.69) is 4.98 Å². The summed E-state index contributed by atoms with van der Waals surface area (Å²) in [5, 5.41) is 0. The summed E-state index contributed by atoms with van der Waals surface area (Å²) in [6.07, 6.45) is 3.73. The van der Waals surface area contributed by atoms with E-state index < -0.39 is 8.80 Å². The highest BCUT2D eigenvalue weighted by molar-refractivity contribution is 6.56. The molecule has 1 rings (SSSR count). The van der Waals surface area contributed by atoms with Crippen molar-refractivity contribution in [2.24, 2.45) is 0 Å². The lowest BCUT2D eigenvalue weighted by Gasteiger charge is -2.08. The number of rotatable bonds is 3. The molecule has 0 unspecified atom stereocenters. The summed E-state index contributed by atoms with van der Waals surface area (Å²) in [6.45, 7) is 0. The summed E-state index contributed by atoms with van der Waals surface area (Å²) in [5.74, 6) is 0. The zero-order valence-electron chi connectivity index (χ0n) is 6.51. The largest absolute Gasteiger partial charge is 0.493 e. The summed E-state index contributed by atoms with van der Waals surface area (Å²) < 4.78 is 0. The Labute approximate surface area is 71.5 Å². The lowest BCUT2D eigenvalue weighted by Crippen LogP contribution is -2.34. The summed E-state index contributed by atoms with van der Waals surface area (Å²) in [6, 6.07) is 3.59. The molecule has 0 bridgehead atoms. The number of nitrogens with zero attached hydrogens (tertiary/aromatic N) is 1. The predicted octanol–water partition coefficient (Wildman–Crippen LogP) is -0.460. The van der Waals surface area contributed by atoms with Crippen molar-refractivity contribution in [3.63, 3.8) is 0 Å². The third-order valence-electron chi connectivity index (χ3n) is 1.50. The molecule has 0 amide bonds. The Bertz CT molecular complexity index is 234. The number of hydrogen-bond donors (Lipinski definition) is 3. The van der Waals surface area contributed by atoms with Crippen LogP contribution in [0.3, 0.4) is 0 Å². The monoisotopic (exact) mass is 185 g/mol. The molecular weight excluding hydrogens is 174 g/mol. The lowest BCUT2D eigenvalue weighted by molar-refractivity contribution is 0.228. The molecule has 0 aliphatic carbocycles. The van der Waals surface area contributed by atoms with Gasteiger partial charge in [-0.1, -0.05) is 0 Å². The van der Waals surface area contributed by atoms with Gasteiger partial charge in [0.2, 0.25) is 0 Å². The van der Waals surface area contributed by atoms with Gasteiger partial charge in [-0.05, 0) is 24.1 Å². The highest BCUT2D eigenvalue weighted by Gasteiger charge is 2.25. The molecule has 5 heteroatoms. The second-order valence-corrected chi connectivity index (χ2v) is 4.68. The van der Waals surface area contributed by atoms with Crippen LogP contribution in [0.1, 0.15) is 5.56 Å². The van der Waals surface area contributed by atoms with E-state index in [0.717, 1.165) is 5.56 Å². The van der Waals surface area contributed by atoms with Gasteiger partial charge in [0, 0.05) is 18.4 Å². The van der Waals surface area contributed by atoms with Crippen molar-refractivity contribution < 1.29 is 14.4 Å². The Morgan fingerprint density at radius 2 is 1.75 bits per heavy atom. The Hall–Kier alpha value is -0.753. The fourth-order valence-corrected chi connectivity index (χ4v) is 1.49. The molecule has 3 N–H and O–H groups in total. The average molecular weight is 185 g/mol. The summed E-state index contributed by atoms with van der Waals surface area (Å²) in [7, 11) is -3.86. The van der Waals surface area contributed by atoms with E-state index in [4.69, 9.17) is 14.4 Å². The van der Waals surface area contributed by atoms with Crippen LogP contribution in [0.25, 0.3) is 0 Å². The third kappa shape index (κ3) is 3.58. The van der Waals surface area contributed by atoms with Crippen LogP contribution in [0.2, 0.25) is 6.04 Å². The molecule has 66 valence electrons. The molecule has 12 heavy (non-hydrogen) atoms. The summed E-state index contributed by atoms with van der Waals surface area (Å²) in [5.41, 5.74) is 0.944. The van der Waals surface area contributed by atoms with Gasteiger partial charge >= 0.3 is 8.80 Å². The Kier molecular flexibility index (Phi) is 2.93. The number of pyridine rings is 1. The summed E-state index contributed by atoms with van der Waals surface area (Å²) in [4.78, 5) is 30.0. The van der Waals surface area contributed by atoms with Gasteiger partial charge < -0.3 is 14.4 Å². The third-order valence-corrected chi connectivity index (χ3v) is 2.42. The van der Waals surface area contributed by atoms with E-state index in [1.165, 1.54) is 0 Å². The average Bonchev–Trinajstić information content (AvgIpc) is 2.02. The maximum Gasteiger partial charge on any atom is 0.493 e. The smallest absolute Gasteiger partial charge is 0.390 e. The van der Waals surface area contributed by atoms with E-state index in [1.807, 2.05) is 0 Å². The SMILES string of the molecule is O[Si](O)(O)CCc1ccncc1. The van der Waals surface area contributed by atoms with Crippen molar-refractivity contribution >= 4 is 8.80 Å². The van der Waals surface area contributed by atoms with E-state index in [1.54, 1.807) is 24.5 Å². The van der Waals surface area contributed by atoms with E-state index in [0.29, 0.717) is 6.42 Å². The van der Waals surface area contributed by atoms with Crippen molar-refractivity contribution in [1.82, 2.24) is 4.98 Å². The van der Waals surface area contributed by atoms with Gasteiger partial charge in [-0.25, -0.2) is 0 Å². The quantitative estimate of drug-likeness (QED) is 0.557. The minimum atomic E-state index is -3.86. The second-order valence-electron chi connectivity index (χ2n) is 2.63. The van der Waals surface area contributed by atoms with Crippen LogP contribution in [0.15, 0.2) is 24.5 Å². The maximum absolute atomic E-state index is 8.71. The van der Waals surface area contributed by atoms with Crippen LogP contribution in [-0.2, 0) is 6.42 Å². The van der Waals surface area contributed by atoms with Crippen LogP contribution >= 0.6 is 0 Å². The Balaban J connectivity index is 2.44. The maximum atomic E-state index is 8.71. The van der Waals surface area contributed by atoms with Crippen molar-refractivity contribution in [2.45, 2.75) is 12.5 Å². The van der Waals surface area contributed by atoms with Crippen LogP contribution < -0.4 is 0 Å². The van der Waals surface area contributed by atoms with Gasteiger partial charge in [0.05, 0.1) is 0 Å². The fraction of sp³-hybridized carbons (Fsp3) is 0.286. The van der Waals surface area contributed by atoms with Crippen LogP contribution in [0.4, 0.5) is 0 Å². The molecule has 0 aliphatic rings. The minimum Gasteiger partial charge on any atom is -0.390 e. The Morgan fingerprint density at radius 3 is 2.25 bits per heavy atom. The predicted molar refractivity (Wildman–Crippen MR) is 45.2 cm³/mol. The number of aryl methyl sites for hydroxylation is 1. The van der Waals surface area contributed by atoms with Crippen LogP contribution in [0.5, 0.6) is 0 Å². The van der Waals surface area contributed by atoms with Crippen molar-refractivity contribution in [1.29, 1.82) is 0 Å². The molecule has 0 radical (unpaired) electrons. The van der Waals surface area contributed by atoms with Crippen molar-refractivity contribution in [3.8, 4) is 0 Å².